The lowest BCUT2D eigenvalue weighted by Crippen LogP contribution is -2.40. The van der Waals surface area contributed by atoms with E-state index in [2.05, 4.69) is 27.0 Å². The Kier molecular flexibility index (Phi) is 4.10. The fourth-order valence-electron chi connectivity index (χ4n) is 2.81. The van der Waals surface area contributed by atoms with E-state index >= 15 is 0 Å². The number of hydrazine groups is 1. The molecule has 5 heteroatoms. The number of anilines is 1. The van der Waals surface area contributed by atoms with Crippen molar-refractivity contribution in [2.45, 2.75) is 19.2 Å². The molecular weight excluding hydrogens is 262 g/mol. The average Bonchev–Trinajstić information content (AvgIpc) is 2.56. The number of aliphatic imine (C=N–C) groups is 1. The lowest BCUT2D eigenvalue weighted by molar-refractivity contribution is 0.408. The number of hydrogen-bond acceptors (Lipinski definition) is 4. The Morgan fingerprint density at radius 2 is 2.05 bits per heavy atom. The van der Waals surface area contributed by atoms with E-state index in [1.165, 1.54) is 5.69 Å². The van der Waals surface area contributed by atoms with Crippen molar-refractivity contribution in [1.82, 2.24) is 9.99 Å². The zero-order valence-corrected chi connectivity index (χ0v) is 12.2. The van der Waals surface area contributed by atoms with Crippen LogP contribution in [0.1, 0.15) is 20.6 Å². The Balaban J connectivity index is 1.53. The van der Waals surface area contributed by atoms with Gasteiger partial charge in [-0.1, -0.05) is 12.2 Å². The number of amidine groups is 1. The molecule has 2 aliphatic heterocycles. The van der Waals surface area contributed by atoms with Gasteiger partial charge in [0.25, 0.3) is 0 Å². The van der Waals surface area contributed by atoms with Crippen LogP contribution in [0.4, 0.5) is 5.69 Å². The molecule has 1 fully saturated rings. The molecule has 0 aliphatic carbocycles. The molecule has 1 saturated heterocycles. The van der Waals surface area contributed by atoms with Crippen molar-refractivity contribution in [3.8, 4) is 0 Å². The summed E-state index contributed by atoms with van der Waals surface area (Å²) in [5, 5.41) is 1.59. The van der Waals surface area contributed by atoms with Crippen LogP contribution in [0.25, 0.3) is 0 Å². The van der Waals surface area contributed by atoms with Gasteiger partial charge in [0.15, 0.2) is 0 Å². The van der Waals surface area contributed by atoms with Gasteiger partial charge in [0.1, 0.15) is 5.84 Å². The first-order chi connectivity index (χ1) is 10.7. The quantitative estimate of drug-likeness (QED) is 0.680. The highest BCUT2D eigenvalue weighted by atomic mass is 15.4. The minimum absolute atomic E-state index is 0.421. The summed E-state index contributed by atoms with van der Waals surface area (Å²) in [5.41, 5.74) is 1.25. The summed E-state index contributed by atoms with van der Waals surface area (Å²) in [5.74, 6) is 7.17. The molecule has 0 aromatic carbocycles. The largest absolute Gasteiger partial charge is 0.371 e. The fraction of sp³-hybridized carbons (Fsp3) is 0.500. The topological polar surface area (TPSA) is 57.8 Å². The second-order valence-corrected chi connectivity index (χ2v) is 5.58. The van der Waals surface area contributed by atoms with Crippen molar-refractivity contribution < 1.29 is 1.37 Å². The SMILES string of the molecule is [2H]C1C=CCN(N)C1=NCC1CCN(c2ccncc2)CC1. The molecule has 3 rings (SSSR count). The third kappa shape index (κ3) is 3.61. The van der Waals surface area contributed by atoms with E-state index in [1.807, 2.05) is 24.5 Å². The summed E-state index contributed by atoms with van der Waals surface area (Å²) in [6.07, 6.45) is 9.29. The lowest BCUT2D eigenvalue weighted by atomic mass is 9.96. The molecule has 2 N–H and O–H groups in total. The monoisotopic (exact) mass is 286 g/mol. The van der Waals surface area contributed by atoms with Gasteiger partial charge in [-0.3, -0.25) is 15.0 Å². The molecule has 1 atom stereocenters. The van der Waals surface area contributed by atoms with Crippen molar-refractivity contribution in [2.75, 3.05) is 31.1 Å². The van der Waals surface area contributed by atoms with Crippen LogP contribution in [0.5, 0.6) is 0 Å². The summed E-state index contributed by atoms with van der Waals surface area (Å²) in [6.45, 7) is 3.53. The van der Waals surface area contributed by atoms with Crippen LogP contribution in [0.2, 0.25) is 0 Å². The molecule has 1 unspecified atom stereocenters. The number of aromatic nitrogens is 1. The van der Waals surface area contributed by atoms with Crippen LogP contribution >= 0.6 is 0 Å². The zero-order valence-electron chi connectivity index (χ0n) is 13.2. The minimum Gasteiger partial charge on any atom is -0.371 e. The van der Waals surface area contributed by atoms with Crippen molar-refractivity contribution in [2.24, 2.45) is 16.8 Å². The van der Waals surface area contributed by atoms with Crippen molar-refractivity contribution in [3.63, 3.8) is 0 Å². The average molecular weight is 286 g/mol. The second kappa shape index (κ2) is 6.72. The second-order valence-electron chi connectivity index (χ2n) is 5.58. The highest BCUT2D eigenvalue weighted by Crippen LogP contribution is 2.23. The lowest BCUT2D eigenvalue weighted by Gasteiger charge is -2.33. The number of pyridine rings is 1. The summed E-state index contributed by atoms with van der Waals surface area (Å²) in [6, 6.07) is 4.12. The van der Waals surface area contributed by atoms with Gasteiger partial charge in [0.05, 0.1) is 6.54 Å². The number of hydrogen-bond donors (Lipinski definition) is 1. The van der Waals surface area contributed by atoms with Gasteiger partial charge in [0.2, 0.25) is 0 Å². The molecule has 5 nitrogen and oxygen atoms in total. The summed E-state index contributed by atoms with van der Waals surface area (Å²) >= 11 is 0. The summed E-state index contributed by atoms with van der Waals surface area (Å²) < 4.78 is 7.97. The van der Waals surface area contributed by atoms with Crippen LogP contribution in [0.15, 0.2) is 41.7 Å². The number of nitrogens with two attached hydrogens (primary N) is 1. The Labute approximate surface area is 127 Å². The van der Waals surface area contributed by atoms with Gasteiger partial charge in [-0.2, -0.15) is 0 Å². The maximum atomic E-state index is 7.97. The minimum atomic E-state index is -0.421. The summed E-state index contributed by atoms with van der Waals surface area (Å²) in [4.78, 5) is 11.1. The van der Waals surface area contributed by atoms with Crippen molar-refractivity contribution in [1.29, 1.82) is 0 Å². The first-order valence-electron chi connectivity index (χ1n) is 8.12. The number of nitrogens with zero attached hydrogens (tertiary/aromatic N) is 4. The maximum Gasteiger partial charge on any atom is 0.117 e. The van der Waals surface area contributed by atoms with Gasteiger partial charge in [-0.15, -0.1) is 0 Å². The molecule has 0 saturated carbocycles. The Morgan fingerprint density at radius 1 is 1.29 bits per heavy atom. The molecule has 21 heavy (non-hydrogen) atoms. The molecular formula is C16H23N5. The number of rotatable bonds is 3. The molecule has 0 bridgehead atoms. The highest BCUT2D eigenvalue weighted by molar-refractivity contribution is 5.84. The molecule has 1 aromatic rings. The van der Waals surface area contributed by atoms with Gasteiger partial charge < -0.3 is 4.90 Å². The third-order valence-electron chi connectivity index (χ3n) is 4.13. The Bertz CT molecular complexity index is 537. The smallest absolute Gasteiger partial charge is 0.117 e. The van der Waals surface area contributed by atoms with Gasteiger partial charge in [-0.05, 0) is 30.9 Å². The van der Waals surface area contributed by atoms with Crippen molar-refractivity contribution in [3.05, 3.63) is 36.7 Å². The van der Waals surface area contributed by atoms with E-state index < -0.39 is 6.40 Å². The highest BCUT2D eigenvalue weighted by Gasteiger charge is 2.19. The molecule has 3 heterocycles. The third-order valence-corrected chi connectivity index (χ3v) is 4.13. The predicted molar refractivity (Wildman–Crippen MR) is 86.1 cm³/mol. The Morgan fingerprint density at radius 3 is 2.76 bits per heavy atom. The first kappa shape index (κ1) is 12.8. The molecule has 112 valence electrons. The Hall–Kier alpha value is -1.88. The molecule has 0 spiro atoms. The van der Waals surface area contributed by atoms with E-state index in [9.17, 15) is 0 Å². The standard InChI is InChI=1S/C16H23N5/c17-21-10-2-1-3-16(21)19-13-14-6-11-20(12-7-14)15-4-8-18-9-5-15/h1-2,4-5,8-9,14H,3,6-7,10-13,17H2/i3D. The van der Waals surface area contributed by atoms with Crippen molar-refractivity contribution >= 4 is 11.5 Å². The maximum absolute atomic E-state index is 7.97. The van der Waals surface area contributed by atoms with Gasteiger partial charge >= 0.3 is 0 Å². The molecule has 1 aromatic heterocycles. The van der Waals surface area contributed by atoms with Crippen LogP contribution in [-0.2, 0) is 0 Å². The predicted octanol–water partition coefficient (Wildman–Crippen LogP) is 1.83. The van der Waals surface area contributed by atoms with Gasteiger partial charge in [0, 0.05) is 45.5 Å². The fourth-order valence-corrected chi connectivity index (χ4v) is 2.81. The van der Waals surface area contributed by atoms with E-state index in [0.29, 0.717) is 18.3 Å². The van der Waals surface area contributed by atoms with Crippen LogP contribution < -0.4 is 10.7 Å². The van der Waals surface area contributed by atoms with Crippen LogP contribution in [0.3, 0.4) is 0 Å². The zero-order chi connectivity index (χ0) is 15.4. The molecule has 2 aliphatic rings. The first-order valence-corrected chi connectivity index (χ1v) is 7.54. The molecule has 0 amide bonds. The van der Waals surface area contributed by atoms with E-state index in [4.69, 9.17) is 7.21 Å². The normalized spacial score (nSPS) is 26.2. The molecule has 0 radical (unpaired) electrons. The van der Waals surface area contributed by atoms with E-state index in [-0.39, 0.29) is 0 Å². The van der Waals surface area contributed by atoms with Crippen LogP contribution in [0, 0.1) is 5.92 Å². The number of piperidine rings is 1. The van der Waals surface area contributed by atoms with E-state index in [0.717, 1.165) is 32.5 Å². The van der Waals surface area contributed by atoms with Crippen LogP contribution in [-0.4, -0.2) is 42.0 Å². The summed E-state index contributed by atoms with van der Waals surface area (Å²) in [7, 11) is 0. The van der Waals surface area contributed by atoms with Gasteiger partial charge in [-0.25, -0.2) is 5.84 Å². The van der Waals surface area contributed by atoms with E-state index in [1.54, 1.807) is 5.01 Å².